The number of amides is 2. The van der Waals surface area contributed by atoms with Gasteiger partial charge in [0.2, 0.25) is 0 Å². The third kappa shape index (κ3) is 4.38. The first kappa shape index (κ1) is 14.0. The van der Waals surface area contributed by atoms with Gasteiger partial charge in [0.25, 0.3) is 0 Å². The number of aromatic nitrogens is 3. The number of nitrogens with one attached hydrogen (secondary N) is 2. The summed E-state index contributed by atoms with van der Waals surface area (Å²) in [5, 5.41) is 13.1. The van der Waals surface area contributed by atoms with Gasteiger partial charge in [-0.15, -0.1) is 10.2 Å². The second-order valence-corrected chi connectivity index (χ2v) is 4.81. The van der Waals surface area contributed by atoms with E-state index >= 15 is 0 Å². The largest absolute Gasteiger partial charge is 0.338 e. The Kier molecular flexibility index (Phi) is 4.70. The first-order valence-corrected chi connectivity index (χ1v) is 6.59. The molecule has 1 aromatic carbocycles. The molecule has 0 aliphatic heterocycles. The van der Waals surface area contributed by atoms with Crippen LogP contribution in [0.25, 0.3) is 0 Å². The highest BCUT2D eigenvalue weighted by atomic mass is 16.2. The predicted molar refractivity (Wildman–Crippen MR) is 77.6 cm³/mol. The molecule has 0 aliphatic rings. The summed E-state index contributed by atoms with van der Waals surface area (Å²) in [6, 6.07) is 5.79. The van der Waals surface area contributed by atoms with Crippen molar-refractivity contribution < 1.29 is 4.79 Å². The van der Waals surface area contributed by atoms with E-state index in [4.69, 9.17) is 0 Å². The molecule has 0 aliphatic carbocycles. The zero-order chi connectivity index (χ0) is 14.4. The van der Waals surface area contributed by atoms with Gasteiger partial charge in [-0.2, -0.15) is 0 Å². The number of carbonyl (C=O) groups excluding carboxylic acids is 1. The lowest BCUT2D eigenvalue weighted by atomic mass is 10.1. The van der Waals surface area contributed by atoms with Crippen LogP contribution in [0, 0.1) is 13.8 Å². The average Bonchev–Trinajstić information content (AvgIpc) is 2.86. The van der Waals surface area contributed by atoms with E-state index in [1.165, 1.54) is 0 Å². The van der Waals surface area contributed by atoms with Gasteiger partial charge in [-0.05, 0) is 43.5 Å². The van der Waals surface area contributed by atoms with Crippen LogP contribution in [0.4, 0.5) is 10.5 Å². The zero-order valence-electron chi connectivity index (χ0n) is 11.8. The molecule has 0 saturated carbocycles. The number of carbonyl (C=O) groups is 1. The van der Waals surface area contributed by atoms with Gasteiger partial charge in [0.05, 0.1) is 0 Å². The minimum Gasteiger partial charge on any atom is -0.338 e. The smallest absolute Gasteiger partial charge is 0.319 e. The molecule has 6 nitrogen and oxygen atoms in total. The Morgan fingerprint density at radius 1 is 1.15 bits per heavy atom. The normalized spacial score (nSPS) is 10.3. The highest BCUT2D eigenvalue weighted by Gasteiger charge is 2.02. The van der Waals surface area contributed by atoms with Crippen LogP contribution >= 0.6 is 0 Å². The maximum absolute atomic E-state index is 11.7. The Hall–Kier alpha value is -2.37. The maximum Gasteiger partial charge on any atom is 0.319 e. The Balaban J connectivity index is 1.72. The number of benzene rings is 1. The molecule has 1 heterocycles. The molecule has 0 radical (unpaired) electrons. The van der Waals surface area contributed by atoms with E-state index in [9.17, 15) is 4.79 Å². The fourth-order valence-corrected chi connectivity index (χ4v) is 2.02. The first-order valence-electron chi connectivity index (χ1n) is 6.59. The molecule has 2 N–H and O–H groups in total. The van der Waals surface area contributed by atoms with E-state index in [1.807, 2.05) is 30.5 Å². The highest BCUT2D eigenvalue weighted by molar-refractivity contribution is 5.89. The molecular weight excluding hydrogens is 254 g/mol. The first-order chi connectivity index (χ1) is 9.63. The number of aryl methyl sites for hydroxylation is 3. The van der Waals surface area contributed by atoms with E-state index in [1.54, 1.807) is 12.7 Å². The van der Waals surface area contributed by atoms with Crippen molar-refractivity contribution in [1.82, 2.24) is 20.1 Å². The van der Waals surface area contributed by atoms with Crippen LogP contribution in [0.2, 0.25) is 0 Å². The third-order valence-corrected chi connectivity index (χ3v) is 2.82. The number of anilines is 1. The summed E-state index contributed by atoms with van der Waals surface area (Å²) in [6.07, 6.45) is 4.16. The minimum absolute atomic E-state index is 0.182. The van der Waals surface area contributed by atoms with E-state index < -0.39 is 0 Å². The van der Waals surface area contributed by atoms with Crippen LogP contribution in [0.1, 0.15) is 17.5 Å². The molecular formula is C14H19N5O. The van der Waals surface area contributed by atoms with E-state index in [0.29, 0.717) is 6.54 Å². The Morgan fingerprint density at radius 3 is 2.45 bits per heavy atom. The standard InChI is InChI=1S/C14H19N5O/c1-11-6-12(2)8-13(7-11)18-14(20)15-4-3-5-19-9-16-17-10-19/h6-10H,3-5H2,1-2H3,(H2,15,18,20). The minimum atomic E-state index is -0.182. The number of hydrogen-bond acceptors (Lipinski definition) is 3. The van der Waals surface area contributed by atoms with Gasteiger partial charge < -0.3 is 15.2 Å². The monoisotopic (exact) mass is 273 g/mol. The molecule has 106 valence electrons. The van der Waals surface area contributed by atoms with Gasteiger partial charge in [-0.25, -0.2) is 4.79 Å². The van der Waals surface area contributed by atoms with Gasteiger partial charge in [-0.1, -0.05) is 6.07 Å². The number of hydrogen-bond donors (Lipinski definition) is 2. The van der Waals surface area contributed by atoms with Gasteiger partial charge in [0.15, 0.2) is 0 Å². The van der Waals surface area contributed by atoms with Crippen molar-refractivity contribution in [3.63, 3.8) is 0 Å². The Labute approximate surface area is 118 Å². The summed E-state index contributed by atoms with van der Waals surface area (Å²) in [6.45, 7) is 5.41. The lowest BCUT2D eigenvalue weighted by molar-refractivity contribution is 0.252. The predicted octanol–water partition coefficient (Wildman–Crippen LogP) is 2.11. The van der Waals surface area contributed by atoms with Crippen molar-refractivity contribution >= 4 is 11.7 Å². The molecule has 6 heteroatoms. The second-order valence-electron chi connectivity index (χ2n) is 4.81. The number of rotatable bonds is 5. The summed E-state index contributed by atoms with van der Waals surface area (Å²) in [7, 11) is 0. The Bertz CT molecular complexity index is 545. The van der Waals surface area contributed by atoms with Crippen LogP contribution in [0.5, 0.6) is 0 Å². The van der Waals surface area contributed by atoms with Gasteiger partial charge >= 0.3 is 6.03 Å². The lowest BCUT2D eigenvalue weighted by Crippen LogP contribution is -2.30. The van der Waals surface area contributed by atoms with Crippen molar-refractivity contribution in [1.29, 1.82) is 0 Å². The van der Waals surface area contributed by atoms with Gasteiger partial charge in [0.1, 0.15) is 12.7 Å². The molecule has 0 unspecified atom stereocenters. The van der Waals surface area contributed by atoms with Crippen LogP contribution in [-0.2, 0) is 6.54 Å². The molecule has 0 atom stereocenters. The average molecular weight is 273 g/mol. The topological polar surface area (TPSA) is 71.8 Å². The van der Waals surface area contributed by atoms with Crippen LogP contribution < -0.4 is 10.6 Å². The van der Waals surface area contributed by atoms with E-state index in [-0.39, 0.29) is 6.03 Å². The van der Waals surface area contributed by atoms with E-state index in [2.05, 4.69) is 26.9 Å². The van der Waals surface area contributed by atoms with Crippen molar-refractivity contribution in [2.24, 2.45) is 0 Å². The zero-order valence-corrected chi connectivity index (χ0v) is 11.8. The number of urea groups is 1. The summed E-state index contributed by atoms with van der Waals surface area (Å²) in [5.74, 6) is 0. The van der Waals surface area contributed by atoms with Crippen LogP contribution in [0.3, 0.4) is 0 Å². The quantitative estimate of drug-likeness (QED) is 0.819. The van der Waals surface area contributed by atoms with Crippen molar-refractivity contribution in [3.05, 3.63) is 42.0 Å². The lowest BCUT2D eigenvalue weighted by Gasteiger charge is -2.09. The van der Waals surface area contributed by atoms with Crippen molar-refractivity contribution in [2.75, 3.05) is 11.9 Å². The molecule has 0 spiro atoms. The molecule has 0 fully saturated rings. The Morgan fingerprint density at radius 2 is 1.80 bits per heavy atom. The fourth-order valence-electron chi connectivity index (χ4n) is 2.02. The SMILES string of the molecule is Cc1cc(C)cc(NC(=O)NCCCn2cnnc2)c1. The second kappa shape index (κ2) is 6.70. The van der Waals surface area contributed by atoms with Gasteiger partial charge in [-0.3, -0.25) is 0 Å². The summed E-state index contributed by atoms with van der Waals surface area (Å²) in [5.41, 5.74) is 3.08. The van der Waals surface area contributed by atoms with Gasteiger partial charge in [0, 0.05) is 18.8 Å². The fraction of sp³-hybridized carbons (Fsp3) is 0.357. The van der Waals surface area contributed by atoms with Crippen LogP contribution in [0.15, 0.2) is 30.9 Å². The number of nitrogens with zero attached hydrogens (tertiary/aromatic N) is 3. The summed E-state index contributed by atoms with van der Waals surface area (Å²) in [4.78, 5) is 11.7. The molecule has 0 bridgehead atoms. The molecule has 0 saturated heterocycles. The highest BCUT2D eigenvalue weighted by Crippen LogP contribution is 2.13. The molecule has 2 aromatic rings. The third-order valence-electron chi connectivity index (χ3n) is 2.82. The molecule has 2 amide bonds. The van der Waals surface area contributed by atoms with Crippen molar-refractivity contribution in [2.45, 2.75) is 26.8 Å². The summed E-state index contributed by atoms with van der Waals surface area (Å²) >= 11 is 0. The molecule has 1 aromatic heterocycles. The summed E-state index contributed by atoms with van der Waals surface area (Å²) < 4.78 is 1.88. The molecule has 2 rings (SSSR count). The molecule has 20 heavy (non-hydrogen) atoms. The van der Waals surface area contributed by atoms with E-state index in [0.717, 1.165) is 29.8 Å². The maximum atomic E-state index is 11.7. The van der Waals surface area contributed by atoms with Crippen molar-refractivity contribution in [3.8, 4) is 0 Å². The van der Waals surface area contributed by atoms with Crippen LogP contribution in [-0.4, -0.2) is 27.3 Å².